The molecule has 1 atom stereocenters. The molecule has 1 aliphatic rings. The number of carboxylic acid groups (broad SMARTS) is 1. The third kappa shape index (κ3) is 4.35. The van der Waals surface area contributed by atoms with E-state index in [0.29, 0.717) is 13.0 Å². The fraction of sp³-hybridized carbons (Fsp3) is 0.471. The van der Waals surface area contributed by atoms with Crippen LogP contribution in [0.5, 0.6) is 0 Å². The van der Waals surface area contributed by atoms with Gasteiger partial charge in [0.05, 0.1) is 0 Å². The zero-order valence-corrected chi connectivity index (χ0v) is 15.1. The van der Waals surface area contributed by atoms with Gasteiger partial charge in [0.2, 0.25) is 11.8 Å². The van der Waals surface area contributed by atoms with E-state index in [9.17, 15) is 19.5 Å². The Bertz CT molecular complexity index is 647. The van der Waals surface area contributed by atoms with Crippen molar-refractivity contribution in [3.63, 3.8) is 0 Å². The van der Waals surface area contributed by atoms with Crippen LogP contribution in [0.15, 0.2) is 22.7 Å². The normalized spacial score (nSPS) is 16.4. The molecule has 6 nitrogen and oxygen atoms in total. The van der Waals surface area contributed by atoms with Crippen molar-refractivity contribution in [1.82, 2.24) is 10.2 Å². The van der Waals surface area contributed by atoms with Crippen LogP contribution < -0.4 is 5.32 Å². The summed E-state index contributed by atoms with van der Waals surface area (Å²) in [5, 5.41) is 12.2. The number of aliphatic carboxylic acids is 1. The van der Waals surface area contributed by atoms with Crippen LogP contribution in [0.2, 0.25) is 0 Å². The molecular weight excluding hydrogens is 376 g/mol. The molecule has 0 bridgehead atoms. The van der Waals surface area contributed by atoms with Crippen molar-refractivity contribution in [2.75, 3.05) is 6.54 Å². The third-order valence-electron chi connectivity index (χ3n) is 4.10. The van der Waals surface area contributed by atoms with Gasteiger partial charge in [0, 0.05) is 36.8 Å². The highest BCUT2D eigenvalue weighted by Gasteiger charge is 2.34. The van der Waals surface area contributed by atoms with Crippen LogP contribution in [-0.4, -0.2) is 40.4 Å². The second-order valence-corrected chi connectivity index (χ2v) is 6.62. The Labute approximate surface area is 149 Å². The Balaban J connectivity index is 2.05. The summed E-state index contributed by atoms with van der Waals surface area (Å²) in [5.74, 6) is -1.32. The molecule has 1 aromatic rings. The predicted molar refractivity (Wildman–Crippen MR) is 92.4 cm³/mol. The van der Waals surface area contributed by atoms with Crippen molar-refractivity contribution in [2.45, 2.75) is 45.2 Å². The van der Waals surface area contributed by atoms with E-state index in [1.165, 1.54) is 4.90 Å². The zero-order valence-electron chi connectivity index (χ0n) is 13.5. The average Bonchev–Trinajstić information content (AvgIpc) is 2.54. The van der Waals surface area contributed by atoms with Crippen LogP contribution in [0.25, 0.3) is 0 Å². The van der Waals surface area contributed by atoms with E-state index in [2.05, 4.69) is 21.2 Å². The Hall–Kier alpha value is -1.89. The molecule has 24 heavy (non-hydrogen) atoms. The summed E-state index contributed by atoms with van der Waals surface area (Å²) >= 11 is 3.45. The van der Waals surface area contributed by atoms with E-state index >= 15 is 0 Å². The smallest absolute Gasteiger partial charge is 0.326 e. The van der Waals surface area contributed by atoms with Gasteiger partial charge in [-0.1, -0.05) is 28.1 Å². The van der Waals surface area contributed by atoms with E-state index in [0.717, 1.165) is 15.6 Å². The highest BCUT2D eigenvalue weighted by Crippen LogP contribution is 2.30. The molecule has 2 N–H and O–H groups in total. The number of hydrogen-bond acceptors (Lipinski definition) is 3. The maximum atomic E-state index is 12.5. The SMILES string of the molecule is CCNC(=O)CCCC(=O)N1Cc2cccc(Br)c2CC1C(=O)O. The summed E-state index contributed by atoms with van der Waals surface area (Å²) in [6.45, 7) is 2.68. The van der Waals surface area contributed by atoms with Gasteiger partial charge in [0.1, 0.15) is 6.04 Å². The number of amides is 2. The summed E-state index contributed by atoms with van der Waals surface area (Å²) in [6.07, 6.45) is 1.14. The van der Waals surface area contributed by atoms with Crippen molar-refractivity contribution < 1.29 is 19.5 Å². The van der Waals surface area contributed by atoms with Crippen LogP contribution in [0.4, 0.5) is 0 Å². The molecule has 0 saturated heterocycles. The maximum Gasteiger partial charge on any atom is 0.326 e. The fourth-order valence-electron chi connectivity index (χ4n) is 2.89. The van der Waals surface area contributed by atoms with Crippen LogP contribution in [0.1, 0.15) is 37.3 Å². The van der Waals surface area contributed by atoms with Crippen molar-refractivity contribution in [2.24, 2.45) is 0 Å². The Kier molecular flexibility index (Phi) is 6.36. The molecule has 2 amide bonds. The number of hydrogen-bond donors (Lipinski definition) is 2. The van der Waals surface area contributed by atoms with Crippen LogP contribution in [-0.2, 0) is 27.3 Å². The lowest BCUT2D eigenvalue weighted by molar-refractivity contribution is -0.151. The zero-order chi connectivity index (χ0) is 17.7. The highest BCUT2D eigenvalue weighted by atomic mass is 79.9. The first-order chi connectivity index (χ1) is 11.4. The molecule has 7 heteroatoms. The molecule has 1 aromatic carbocycles. The van der Waals surface area contributed by atoms with Crippen molar-refractivity contribution >= 4 is 33.7 Å². The van der Waals surface area contributed by atoms with Crippen LogP contribution >= 0.6 is 15.9 Å². The Morgan fingerprint density at radius 3 is 2.75 bits per heavy atom. The Morgan fingerprint density at radius 1 is 1.33 bits per heavy atom. The van der Waals surface area contributed by atoms with Gasteiger partial charge < -0.3 is 15.3 Å². The largest absolute Gasteiger partial charge is 0.480 e. The first-order valence-electron chi connectivity index (χ1n) is 7.99. The molecular formula is C17H21BrN2O4. The molecule has 0 aliphatic carbocycles. The van der Waals surface area contributed by atoms with Gasteiger partial charge in [-0.15, -0.1) is 0 Å². The number of carbonyl (C=O) groups is 3. The molecule has 0 saturated carbocycles. The van der Waals surface area contributed by atoms with Gasteiger partial charge in [0.15, 0.2) is 0 Å². The van der Waals surface area contributed by atoms with Gasteiger partial charge in [-0.25, -0.2) is 4.79 Å². The van der Waals surface area contributed by atoms with Crippen molar-refractivity contribution in [1.29, 1.82) is 0 Å². The molecule has 1 unspecified atom stereocenters. The number of rotatable bonds is 6. The van der Waals surface area contributed by atoms with Gasteiger partial charge in [-0.3, -0.25) is 9.59 Å². The van der Waals surface area contributed by atoms with E-state index in [1.54, 1.807) is 0 Å². The topological polar surface area (TPSA) is 86.7 Å². The number of carbonyl (C=O) groups excluding carboxylic acids is 2. The minimum Gasteiger partial charge on any atom is -0.480 e. The molecule has 1 aliphatic heterocycles. The second kappa shape index (κ2) is 8.28. The summed E-state index contributed by atoms with van der Waals surface area (Å²) in [4.78, 5) is 36.9. The lowest BCUT2D eigenvalue weighted by Gasteiger charge is -2.35. The first-order valence-corrected chi connectivity index (χ1v) is 8.78. The lowest BCUT2D eigenvalue weighted by atomic mass is 9.93. The average molecular weight is 397 g/mol. The number of nitrogens with zero attached hydrogens (tertiary/aromatic N) is 1. The second-order valence-electron chi connectivity index (χ2n) is 5.76. The minimum atomic E-state index is -1.01. The molecule has 1 heterocycles. The van der Waals surface area contributed by atoms with Gasteiger partial charge in [-0.2, -0.15) is 0 Å². The van der Waals surface area contributed by atoms with E-state index < -0.39 is 12.0 Å². The lowest BCUT2D eigenvalue weighted by Crippen LogP contribution is -2.48. The number of fused-ring (bicyclic) bond motifs is 1. The van der Waals surface area contributed by atoms with E-state index in [4.69, 9.17) is 0 Å². The van der Waals surface area contributed by atoms with Crippen molar-refractivity contribution in [3.8, 4) is 0 Å². The highest BCUT2D eigenvalue weighted by molar-refractivity contribution is 9.10. The number of halogens is 1. The van der Waals surface area contributed by atoms with E-state index in [1.807, 2.05) is 25.1 Å². The van der Waals surface area contributed by atoms with Crippen LogP contribution in [0.3, 0.4) is 0 Å². The summed E-state index contributed by atoms with van der Waals surface area (Å²) < 4.78 is 0.870. The van der Waals surface area contributed by atoms with E-state index in [-0.39, 0.29) is 37.6 Å². The first kappa shape index (κ1) is 18.4. The molecule has 0 fully saturated rings. The monoisotopic (exact) mass is 396 g/mol. The number of carboxylic acids is 1. The summed E-state index contributed by atoms with van der Waals surface area (Å²) in [7, 11) is 0. The number of nitrogens with one attached hydrogen (secondary N) is 1. The maximum absolute atomic E-state index is 12.5. The molecule has 2 rings (SSSR count). The van der Waals surface area contributed by atoms with Gasteiger partial charge in [-0.05, 0) is 30.5 Å². The molecule has 0 spiro atoms. The third-order valence-corrected chi connectivity index (χ3v) is 4.85. The quantitative estimate of drug-likeness (QED) is 0.770. The molecule has 130 valence electrons. The fourth-order valence-corrected chi connectivity index (χ4v) is 3.46. The van der Waals surface area contributed by atoms with Gasteiger partial charge >= 0.3 is 5.97 Å². The molecule has 0 radical (unpaired) electrons. The van der Waals surface area contributed by atoms with Crippen molar-refractivity contribution in [3.05, 3.63) is 33.8 Å². The molecule has 0 aromatic heterocycles. The Morgan fingerprint density at radius 2 is 2.08 bits per heavy atom. The van der Waals surface area contributed by atoms with Crippen LogP contribution in [0, 0.1) is 0 Å². The standard InChI is InChI=1S/C17H21BrN2O4/c1-2-19-15(21)7-4-8-16(22)20-10-11-5-3-6-13(18)12(11)9-14(20)17(23)24/h3,5-6,14H,2,4,7-10H2,1H3,(H,19,21)(H,23,24). The predicted octanol–water partition coefficient (Wildman–Crippen LogP) is 2.09. The van der Waals surface area contributed by atoms with Gasteiger partial charge in [0.25, 0.3) is 0 Å². The number of benzene rings is 1. The summed E-state index contributed by atoms with van der Waals surface area (Å²) in [5.41, 5.74) is 1.90. The summed E-state index contributed by atoms with van der Waals surface area (Å²) in [6, 6.07) is 4.80. The minimum absolute atomic E-state index is 0.0898.